The van der Waals surface area contributed by atoms with Gasteiger partial charge in [-0.1, -0.05) is 60.8 Å². The fraction of sp³-hybridized carbons (Fsp3) is 0.692. The molecule has 0 N–H and O–H groups in total. The maximum Gasteiger partial charge on any atom is 0.267 e. The van der Waals surface area contributed by atoms with Gasteiger partial charge in [-0.25, -0.2) is 0 Å². The van der Waals surface area contributed by atoms with E-state index in [9.17, 15) is 19.2 Å². The van der Waals surface area contributed by atoms with Gasteiger partial charge >= 0.3 is 0 Å². The maximum absolute atomic E-state index is 13.1. The van der Waals surface area contributed by atoms with Gasteiger partial charge in [0.05, 0.1) is 9.81 Å². The first-order chi connectivity index (χ1) is 18.2. The predicted octanol–water partition coefficient (Wildman–Crippen LogP) is 4.78. The molecule has 12 heteroatoms. The number of hydrogen-bond donors (Lipinski definition) is 0. The molecule has 2 aliphatic heterocycles. The van der Waals surface area contributed by atoms with Gasteiger partial charge in [-0.3, -0.25) is 29.0 Å². The van der Waals surface area contributed by atoms with E-state index in [1.165, 1.54) is 0 Å². The molecule has 0 saturated carbocycles. The number of rotatable bonds is 16. The van der Waals surface area contributed by atoms with E-state index in [1.54, 1.807) is 9.80 Å². The van der Waals surface area contributed by atoms with Crippen LogP contribution in [0.5, 0.6) is 0 Å². The molecular formula is C26H40N4O4S4. The van der Waals surface area contributed by atoms with E-state index in [1.807, 2.05) is 37.5 Å². The SMILES string of the molecule is CCN(CC)C(=O)CCCCCN1C(=O)/C(=C2\SC(=S)N(CCCCCC(=O)N(CC)CC)C2=O)SC1=S. The zero-order valence-corrected chi connectivity index (χ0v) is 26.2. The van der Waals surface area contributed by atoms with Crippen LogP contribution in [0.25, 0.3) is 0 Å². The van der Waals surface area contributed by atoms with Crippen LogP contribution in [0.1, 0.15) is 79.1 Å². The Labute approximate surface area is 246 Å². The Morgan fingerprint density at radius 2 is 0.974 bits per heavy atom. The Kier molecular flexibility index (Phi) is 14.3. The number of nitrogens with zero attached hydrogens (tertiary/aromatic N) is 4. The zero-order valence-electron chi connectivity index (χ0n) is 23.0. The molecule has 4 amide bonds. The minimum absolute atomic E-state index is 0.163. The van der Waals surface area contributed by atoms with Crippen LogP contribution in [0.2, 0.25) is 0 Å². The second-order valence-corrected chi connectivity index (χ2v) is 12.3. The molecule has 2 rings (SSSR count). The van der Waals surface area contributed by atoms with E-state index in [-0.39, 0.29) is 23.6 Å². The molecule has 0 unspecified atom stereocenters. The average Bonchev–Trinajstić information content (AvgIpc) is 3.33. The van der Waals surface area contributed by atoms with Crippen molar-refractivity contribution < 1.29 is 19.2 Å². The molecule has 0 bridgehead atoms. The molecule has 8 nitrogen and oxygen atoms in total. The normalized spacial score (nSPS) is 17.7. The number of thiocarbonyl (C=S) groups is 2. The highest BCUT2D eigenvalue weighted by atomic mass is 32.2. The fourth-order valence-corrected chi connectivity index (χ4v) is 7.14. The Morgan fingerprint density at radius 1 is 0.632 bits per heavy atom. The van der Waals surface area contributed by atoms with Gasteiger partial charge in [0.2, 0.25) is 11.8 Å². The Bertz CT molecular complexity index is 874. The molecular weight excluding hydrogens is 561 g/mol. The highest BCUT2D eigenvalue weighted by molar-refractivity contribution is 8.29. The summed E-state index contributed by atoms with van der Waals surface area (Å²) in [6.07, 6.45) is 5.68. The van der Waals surface area contributed by atoms with Crippen molar-refractivity contribution in [3.05, 3.63) is 9.81 Å². The van der Waals surface area contributed by atoms with Gasteiger partial charge in [0.15, 0.2) is 0 Å². The van der Waals surface area contributed by atoms with Crippen LogP contribution in [0.15, 0.2) is 9.81 Å². The van der Waals surface area contributed by atoms with Crippen molar-refractivity contribution >= 4 is 80.2 Å². The summed E-state index contributed by atoms with van der Waals surface area (Å²) in [5, 5.41) is 0. The smallest absolute Gasteiger partial charge is 0.267 e. The molecule has 0 atom stereocenters. The van der Waals surface area contributed by atoms with Crippen molar-refractivity contribution in [2.45, 2.75) is 79.1 Å². The van der Waals surface area contributed by atoms with Gasteiger partial charge < -0.3 is 9.80 Å². The Hall–Kier alpha value is -1.50. The van der Waals surface area contributed by atoms with Gasteiger partial charge in [-0.05, 0) is 53.4 Å². The van der Waals surface area contributed by atoms with Gasteiger partial charge in [0.25, 0.3) is 11.8 Å². The number of unbranched alkanes of at least 4 members (excludes halogenated alkanes) is 4. The van der Waals surface area contributed by atoms with E-state index in [2.05, 4.69) is 0 Å². The number of carbonyl (C=O) groups is 4. The van der Waals surface area contributed by atoms with Crippen LogP contribution in [-0.4, -0.2) is 91.1 Å². The van der Waals surface area contributed by atoms with E-state index >= 15 is 0 Å². The van der Waals surface area contributed by atoms with E-state index in [0.717, 1.165) is 88.2 Å². The summed E-state index contributed by atoms with van der Waals surface area (Å²) in [6.45, 7) is 11.7. The van der Waals surface area contributed by atoms with Crippen LogP contribution < -0.4 is 0 Å². The average molecular weight is 601 g/mol. The van der Waals surface area contributed by atoms with Crippen LogP contribution in [0.4, 0.5) is 0 Å². The fourth-order valence-electron chi connectivity index (χ4n) is 4.37. The van der Waals surface area contributed by atoms with E-state index in [0.29, 0.717) is 44.4 Å². The molecule has 212 valence electrons. The lowest BCUT2D eigenvalue weighted by Crippen LogP contribution is -2.31. The molecule has 2 saturated heterocycles. The lowest BCUT2D eigenvalue weighted by molar-refractivity contribution is -0.131. The third-order valence-electron chi connectivity index (χ3n) is 6.68. The highest BCUT2D eigenvalue weighted by Crippen LogP contribution is 2.42. The Balaban J connectivity index is 1.83. The second kappa shape index (κ2) is 16.6. The molecule has 0 spiro atoms. The quantitative estimate of drug-likeness (QED) is 0.142. The molecule has 2 heterocycles. The lowest BCUT2D eigenvalue weighted by atomic mass is 10.1. The van der Waals surface area contributed by atoms with Crippen molar-refractivity contribution in [3.8, 4) is 0 Å². The Morgan fingerprint density at radius 3 is 1.29 bits per heavy atom. The largest absolute Gasteiger partial charge is 0.343 e. The molecule has 2 aliphatic rings. The maximum atomic E-state index is 13.1. The minimum atomic E-state index is -0.241. The summed E-state index contributed by atoms with van der Waals surface area (Å²) in [5.41, 5.74) is 0. The number of hydrogen-bond acceptors (Lipinski definition) is 8. The summed E-state index contributed by atoms with van der Waals surface area (Å²) in [5.74, 6) is -0.157. The van der Waals surface area contributed by atoms with E-state index in [4.69, 9.17) is 24.4 Å². The monoisotopic (exact) mass is 600 g/mol. The summed E-state index contributed by atoms with van der Waals surface area (Å²) < 4.78 is 0.903. The van der Waals surface area contributed by atoms with Crippen molar-refractivity contribution in [1.29, 1.82) is 0 Å². The van der Waals surface area contributed by atoms with Gasteiger partial charge in [0.1, 0.15) is 8.64 Å². The molecule has 0 aromatic carbocycles. The number of amides is 4. The van der Waals surface area contributed by atoms with Crippen LogP contribution in [0.3, 0.4) is 0 Å². The molecule has 0 aromatic heterocycles. The molecule has 0 aliphatic carbocycles. The molecule has 0 aromatic rings. The lowest BCUT2D eigenvalue weighted by Gasteiger charge is -2.18. The van der Waals surface area contributed by atoms with Crippen molar-refractivity contribution in [3.63, 3.8) is 0 Å². The standard InChI is InChI=1S/C26H40N4O4S4/c1-5-27(6-2)19(31)15-11-9-13-17-29-23(33)21(37-25(29)35)22-24(34)30(26(36)38-22)18-14-10-12-16-20(32)28(7-3)8-4/h5-18H2,1-4H3/b22-21+. The van der Waals surface area contributed by atoms with Crippen LogP contribution in [0, 0.1) is 0 Å². The van der Waals surface area contributed by atoms with Crippen molar-refractivity contribution in [2.24, 2.45) is 0 Å². The third-order valence-corrected chi connectivity index (χ3v) is 9.71. The minimum Gasteiger partial charge on any atom is -0.343 e. The zero-order chi connectivity index (χ0) is 28.2. The second-order valence-electron chi connectivity index (χ2n) is 9.06. The number of carbonyl (C=O) groups excluding carboxylic acids is 4. The highest BCUT2D eigenvalue weighted by Gasteiger charge is 2.41. The first kappa shape index (κ1) is 32.7. The van der Waals surface area contributed by atoms with E-state index < -0.39 is 0 Å². The third kappa shape index (κ3) is 8.76. The van der Waals surface area contributed by atoms with Gasteiger partial charge in [-0.15, -0.1) is 0 Å². The summed E-state index contributed by atoms with van der Waals surface area (Å²) in [6, 6.07) is 0. The van der Waals surface area contributed by atoms with Crippen molar-refractivity contribution in [2.75, 3.05) is 39.3 Å². The molecule has 2 fully saturated rings. The summed E-state index contributed by atoms with van der Waals surface area (Å²) in [7, 11) is 0. The first-order valence-electron chi connectivity index (χ1n) is 13.6. The van der Waals surface area contributed by atoms with Crippen molar-refractivity contribution in [1.82, 2.24) is 19.6 Å². The summed E-state index contributed by atoms with van der Waals surface area (Å²) >= 11 is 13.2. The van der Waals surface area contributed by atoms with Crippen LogP contribution in [-0.2, 0) is 19.2 Å². The van der Waals surface area contributed by atoms with Gasteiger partial charge in [-0.2, -0.15) is 0 Å². The van der Waals surface area contributed by atoms with Crippen LogP contribution >= 0.6 is 48.0 Å². The van der Waals surface area contributed by atoms with Gasteiger partial charge in [0, 0.05) is 52.1 Å². The molecule has 38 heavy (non-hydrogen) atoms. The number of thioether (sulfide) groups is 2. The topological polar surface area (TPSA) is 81.2 Å². The first-order valence-corrected chi connectivity index (χ1v) is 16.0. The molecule has 0 radical (unpaired) electrons. The summed E-state index contributed by atoms with van der Waals surface area (Å²) in [4.78, 5) is 58.0. The predicted molar refractivity (Wildman–Crippen MR) is 164 cm³/mol.